The first-order valence-electron chi connectivity index (χ1n) is 4.48. The van der Waals surface area contributed by atoms with Gasteiger partial charge in [-0.15, -0.1) is 11.8 Å². The van der Waals surface area contributed by atoms with Gasteiger partial charge in [0.05, 0.1) is 6.10 Å². The summed E-state index contributed by atoms with van der Waals surface area (Å²) in [4.78, 5) is 0. The molecule has 12 heavy (non-hydrogen) atoms. The maximum Gasteiger partial charge on any atom is 0.0673 e. The molecule has 2 heteroatoms. The zero-order valence-electron chi connectivity index (χ0n) is 8.01. The van der Waals surface area contributed by atoms with E-state index in [2.05, 4.69) is 20.4 Å². The monoisotopic (exact) mass is 186 g/mol. The van der Waals surface area contributed by atoms with E-state index >= 15 is 0 Å². The molecule has 0 aromatic heterocycles. The Morgan fingerprint density at radius 1 is 1.67 bits per heavy atom. The molecule has 1 aliphatic rings. The van der Waals surface area contributed by atoms with Crippen LogP contribution < -0.4 is 0 Å². The molecule has 1 nitrogen and oxygen atoms in total. The van der Waals surface area contributed by atoms with E-state index in [1.54, 1.807) is 11.8 Å². The molecule has 70 valence electrons. The molecule has 1 atom stereocenters. The van der Waals surface area contributed by atoms with E-state index in [0.29, 0.717) is 11.5 Å². The summed E-state index contributed by atoms with van der Waals surface area (Å²) in [5.74, 6) is 1.06. The highest BCUT2D eigenvalue weighted by Gasteiger charge is 2.28. The van der Waals surface area contributed by atoms with Crippen molar-refractivity contribution >= 4 is 11.8 Å². The van der Waals surface area contributed by atoms with Gasteiger partial charge in [-0.3, -0.25) is 0 Å². The molecule has 0 aromatic carbocycles. The molecule has 1 saturated heterocycles. The molecule has 0 aliphatic carbocycles. The number of rotatable bonds is 3. The fourth-order valence-electron chi connectivity index (χ4n) is 1.56. The Labute approximate surface area is 79.6 Å². The molecule has 0 spiro atoms. The predicted molar refractivity (Wildman–Crippen MR) is 55.4 cm³/mol. The molecule has 0 amide bonds. The van der Waals surface area contributed by atoms with Crippen molar-refractivity contribution in [1.29, 1.82) is 0 Å². The average Bonchev–Trinajstić information content (AvgIpc) is 1.99. The Morgan fingerprint density at radius 3 is 3.00 bits per heavy atom. The first-order valence-corrected chi connectivity index (χ1v) is 5.53. The SMILES string of the molecule is C=CSCC1CC(C)(C)CCO1. The van der Waals surface area contributed by atoms with Gasteiger partial charge in [-0.2, -0.15) is 0 Å². The van der Waals surface area contributed by atoms with Crippen molar-refractivity contribution < 1.29 is 4.74 Å². The molecule has 1 rings (SSSR count). The third-order valence-corrected chi connectivity index (χ3v) is 3.11. The number of thioether (sulfide) groups is 1. The largest absolute Gasteiger partial charge is 0.377 e. The maximum absolute atomic E-state index is 5.65. The summed E-state index contributed by atoms with van der Waals surface area (Å²) in [6.45, 7) is 9.26. The number of ether oxygens (including phenoxy) is 1. The first kappa shape index (κ1) is 10.1. The zero-order chi connectivity index (χ0) is 9.03. The summed E-state index contributed by atoms with van der Waals surface area (Å²) in [5.41, 5.74) is 0.477. The summed E-state index contributed by atoms with van der Waals surface area (Å²) < 4.78 is 5.65. The van der Waals surface area contributed by atoms with Crippen LogP contribution >= 0.6 is 11.8 Å². The van der Waals surface area contributed by atoms with Crippen LogP contribution in [0.25, 0.3) is 0 Å². The van der Waals surface area contributed by atoms with Gasteiger partial charge < -0.3 is 4.74 Å². The van der Waals surface area contributed by atoms with Crippen molar-refractivity contribution in [3.63, 3.8) is 0 Å². The van der Waals surface area contributed by atoms with E-state index in [1.165, 1.54) is 12.8 Å². The van der Waals surface area contributed by atoms with Crippen molar-refractivity contribution in [3.05, 3.63) is 12.0 Å². The van der Waals surface area contributed by atoms with Crippen LogP contribution in [0, 0.1) is 5.41 Å². The van der Waals surface area contributed by atoms with Crippen LogP contribution in [0.15, 0.2) is 12.0 Å². The zero-order valence-corrected chi connectivity index (χ0v) is 8.82. The summed E-state index contributed by atoms with van der Waals surface area (Å²) in [5, 5.41) is 1.89. The van der Waals surface area contributed by atoms with Gasteiger partial charge in [0.25, 0.3) is 0 Å². The van der Waals surface area contributed by atoms with Gasteiger partial charge in [0.1, 0.15) is 0 Å². The van der Waals surface area contributed by atoms with Crippen LogP contribution in [-0.2, 0) is 4.74 Å². The van der Waals surface area contributed by atoms with E-state index in [9.17, 15) is 0 Å². The highest BCUT2D eigenvalue weighted by molar-refractivity contribution is 8.02. The molecule has 1 fully saturated rings. The average molecular weight is 186 g/mol. The Morgan fingerprint density at radius 2 is 2.42 bits per heavy atom. The van der Waals surface area contributed by atoms with E-state index in [4.69, 9.17) is 4.74 Å². The number of hydrogen-bond donors (Lipinski definition) is 0. The fourth-order valence-corrected chi connectivity index (χ4v) is 2.13. The van der Waals surface area contributed by atoms with Crippen LogP contribution in [0.4, 0.5) is 0 Å². The predicted octanol–water partition coefficient (Wildman–Crippen LogP) is 3.07. The molecular formula is C10H18OS. The van der Waals surface area contributed by atoms with Crippen molar-refractivity contribution in [3.8, 4) is 0 Å². The molecule has 0 radical (unpaired) electrons. The van der Waals surface area contributed by atoms with Crippen molar-refractivity contribution in [2.45, 2.75) is 32.8 Å². The van der Waals surface area contributed by atoms with Gasteiger partial charge in [0, 0.05) is 12.4 Å². The minimum atomic E-state index is 0.441. The van der Waals surface area contributed by atoms with E-state index in [1.807, 2.05) is 5.41 Å². The lowest BCUT2D eigenvalue weighted by atomic mass is 9.82. The van der Waals surface area contributed by atoms with Crippen molar-refractivity contribution in [2.75, 3.05) is 12.4 Å². The van der Waals surface area contributed by atoms with Crippen LogP contribution in [0.2, 0.25) is 0 Å². The minimum Gasteiger partial charge on any atom is -0.377 e. The van der Waals surface area contributed by atoms with Gasteiger partial charge in [-0.1, -0.05) is 20.4 Å². The topological polar surface area (TPSA) is 9.23 Å². The minimum absolute atomic E-state index is 0.441. The van der Waals surface area contributed by atoms with Gasteiger partial charge >= 0.3 is 0 Å². The molecule has 0 N–H and O–H groups in total. The van der Waals surface area contributed by atoms with E-state index in [0.717, 1.165) is 12.4 Å². The van der Waals surface area contributed by atoms with Crippen LogP contribution in [0.5, 0.6) is 0 Å². The molecular weight excluding hydrogens is 168 g/mol. The summed E-state index contributed by atoms with van der Waals surface area (Å²) in [6, 6.07) is 0. The van der Waals surface area contributed by atoms with Gasteiger partial charge in [0.2, 0.25) is 0 Å². The van der Waals surface area contributed by atoms with Gasteiger partial charge in [-0.25, -0.2) is 0 Å². The molecule has 1 unspecified atom stereocenters. The van der Waals surface area contributed by atoms with Gasteiger partial charge in [-0.05, 0) is 23.7 Å². The van der Waals surface area contributed by atoms with E-state index in [-0.39, 0.29) is 0 Å². The second-order valence-electron chi connectivity index (χ2n) is 4.11. The van der Waals surface area contributed by atoms with Crippen LogP contribution in [-0.4, -0.2) is 18.5 Å². The maximum atomic E-state index is 5.65. The lowest BCUT2D eigenvalue weighted by Crippen LogP contribution is -2.32. The Balaban J connectivity index is 2.31. The first-order chi connectivity index (χ1) is 5.64. The van der Waals surface area contributed by atoms with Crippen molar-refractivity contribution in [2.24, 2.45) is 5.41 Å². The fraction of sp³-hybridized carbons (Fsp3) is 0.800. The standard InChI is InChI=1S/C10H18OS/c1-4-12-8-9-7-10(2,3)5-6-11-9/h4,9H,1,5-8H2,2-3H3. The third-order valence-electron chi connectivity index (χ3n) is 2.31. The lowest BCUT2D eigenvalue weighted by molar-refractivity contribution is -0.0225. The highest BCUT2D eigenvalue weighted by atomic mass is 32.2. The molecule has 0 bridgehead atoms. The van der Waals surface area contributed by atoms with Crippen molar-refractivity contribution in [1.82, 2.24) is 0 Å². The van der Waals surface area contributed by atoms with Crippen LogP contribution in [0.1, 0.15) is 26.7 Å². The lowest BCUT2D eigenvalue weighted by Gasteiger charge is -2.35. The van der Waals surface area contributed by atoms with E-state index < -0.39 is 0 Å². The Kier molecular flexibility index (Phi) is 3.66. The molecule has 1 aliphatic heterocycles. The molecule has 0 saturated carbocycles. The molecule has 0 aromatic rings. The summed E-state index contributed by atoms with van der Waals surface area (Å²) in [7, 11) is 0. The smallest absolute Gasteiger partial charge is 0.0673 e. The third kappa shape index (κ3) is 3.20. The normalized spacial score (nSPS) is 28.3. The second kappa shape index (κ2) is 4.33. The van der Waals surface area contributed by atoms with Crippen LogP contribution in [0.3, 0.4) is 0 Å². The molecule has 1 heterocycles. The second-order valence-corrected chi connectivity index (χ2v) is 5.11. The highest BCUT2D eigenvalue weighted by Crippen LogP contribution is 2.33. The summed E-state index contributed by atoms with van der Waals surface area (Å²) in [6.07, 6.45) is 2.83. The summed E-state index contributed by atoms with van der Waals surface area (Å²) >= 11 is 1.75. The number of hydrogen-bond acceptors (Lipinski definition) is 2. The Hall–Kier alpha value is 0.0500. The quantitative estimate of drug-likeness (QED) is 0.670. The van der Waals surface area contributed by atoms with Gasteiger partial charge in [0.15, 0.2) is 0 Å². The Bertz CT molecular complexity index is 154.